The van der Waals surface area contributed by atoms with Crippen molar-refractivity contribution in [2.75, 3.05) is 0 Å². The van der Waals surface area contributed by atoms with Crippen molar-refractivity contribution in [2.45, 2.75) is 57.3 Å². The molecule has 0 amide bonds. The summed E-state index contributed by atoms with van der Waals surface area (Å²) in [4.78, 5) is 0. The van der Waals surface area contributed by atoms with E-state index in [2.05, 4.69) is 61.5 Å². The molecular formula is C21H26. The van der Waals surface area contributed by atoms with Crippen molar-refractivity contribution in [3.8, 4) is 0 Å². The van der Waals surface area contributed by atoms with Gasteiger partial charge in [-0.25, -0.2) is 0 Å². The van der Waals surface area contributed by atoms with Crippen molar-refractivity contribution >= 4 is 0 Å². The van der Waals surface area contributed by atoms with Gasteiger partial charge in [0.25, 0.3) is 0 Å². The predicted molar refractivity (Wildman–Crippen MR) is 90.8 cm³/mol. The molecule has 3 rings (SSSR count). The lowest BCUT2D eigenvalue weighted by molar-refractivity contribution is 0.396. The van der Waals surface area contributed by atoms with E-state index in [0.717, 1.165) is 11.8 Å². The lowest BCUT2D eigenvalue weighted by atomic mass is 9.76. The molecule has 0 spiro atoms. The van der Waals surface area contributed by atoms with Gasteiger partial charge in [-0.3, -0.25) is 0 Å². The topological polar surface area (TPSA) is 0 Å². The fourth-order valence-corrected chi connectivity index (χ4v) is 3.73. The molecule has 0 unspecified atom stereocenters. The lowest BCUT2D eigenvalue weighted by Crippen LogP contribution is -2.12. The molecule has 1 saturated carbocycles. The van der Waals surface area contributed by atoms with Crippen LogP contribution in [0.25, 0.3) is 0 Å². The Morgan fingerprint density at radius 1 is 0.714 bits per heavy atom. The van der Waals surface area contributed by atoms with Gasteiger partial charge < -0.3 is 0 Å². The molecule has 2 aromatic carbocycles. The van der Waals surface area contributed by atoms with Crippen LogP contribution in [-0.4, -0.2) is 0 Å². The second-order valence-electron chi connectivity index (χ2n) is 6.45. The van der Waals surface area contributed by atoms with E-state index in [-0.39, 0.29) is 0 Å². The highest BCUT2D eigenvalue weighted by Crippen LogP contribution is 2.40. The van der Waals surface area contributed by atoms with Crippen LogP contribution in [0.5, 0.6) is 0 Å². The third-order valence-corrected chi connectivity index (χ3v) is 4.99. The van der Waals surface area contributed by atoms with Gasteiger partial charge in [0.15, 0.2) is 0 Å². The molecule has 0 nitrogen and oxygen atoms in total. The van der Waals surface area contributed by atoms with E-state index in [1.807, 2.05) is 0 Å². The molecule has 0 heterocycles. The van der Waals surface area contributed by atoms with Crippen LogP contribution >= 0.6 is 0 Å². The highest BCUT2D eigenvalue weighted by molar-refractivity contribution is 5.27. The minimum absolute atomic E-state index is 0.778. The van der Waals surface area contributed by atoms with Gasteiger partial charge >= 0.3 is 0 Å². The van der Waals surface area contributed by atoms with E-state index in [1.165, 1.54) is 49.7 Å². The summed E-state index contributed by atoms with van der Waals surface area (Å²) >= 11 is 0. The molecule has 0 N–H and O–H groups in total. The normalized spacial score (nSPS) is 22.1. The summed E-state index contributed by atoms with van der Waals surface area (Å²) in [5, 5.41) is 0. The highest BCUT2D eigenvalue weighted by Gasteiger charge is 2.23. The molecule has 0 aliphatic heterocycles. The van der Waals surface area contributed by atoms with E-state index >= 15 is 0 Å². The fraction of sp³-hybridized carbons (Fsp3) is 0.429. The Labute approximate surface area is 129 Å². The Morgan fingerprint density at radius 3 is 1.76 bits per heavy atom. The quantitative estimate of drug-likeness (QED) is 0.635. The third kappa shape index (κ3) is 3.56. The molecule has 21 heavy (non-hydrogen) atoms. The van der Waals surface area contributed by atoms with Crippen molar-refractivity contribution in [3.63, 3.8) is 0 Å². The van der Waals surface area contributed by atoms with Gasteiger partial charge in [-0.2, -0.15) is 0 Å². The SMILES string of the molecule is CCCc1ccc(C2CCC(c3ccccc3)CC2)cc1. The maximum Gasteiger partial charge on any atom is -0.0162 e. The molecule has 0 bridgehead atoms. The molecule has 1 aliphatic carbocycles. The van der Waals surface area contributed by atoms with Gasteiger partial charge in [-0.05, 0) is 60.6 Å². The highest BCUT2D eigenvalue weighted by atomic mass is 14.3. The lowest BCUT2D eigenvalue weighted by Gasteiger charge is -2.29. The fourth-order valence-electron chi connectivity index (χ4n) is 3.73. The first-order valence-corrected chi connectivity index (χ1v) is 8.50. The minimum atomic E-state index is 0.778. The van der Waals surface area contributed by atoms with Crippen LogP contribution in [0.2, 0.25) is 0 Å². The number of hydrogen-bond acceptors (Lipinski definition) is 0. The summed E-state index contributed by atoms with van der Waals surface area (Å²) in [6.07, 6.45) is 7.80. The van der Waals surface area contributed by atoms with Crippen molar-refractivity contribution in [1.82, 2.24) is 0 Å². The number of benzene rings is 2. The summed E-state index contributed by atoms with van der Waals surface area (Å²) < 4.78 is 0. The van der Waals surface area contributed by atoms with Crippen LogP contribution < -0.4 is 0 Å². The molecule has 0 atom stereocenters. The van der Waals surface area contributed by atoms with Crippen molar-refractivity contribution < 1.29 is 0 Å². The predicted octanol–water partition coefficient (Wildman–Crippen LogP) is 6.08. The molecule has 0 heteroatoms. The molecule has 0 saturated heterocycles. The van der Waals surface area contributed by atoms with Crippen molar-refractivity contribution in [1.29, 1.82) is 0 Å². The number of hydrogen-bond donors (Lipinski definition) is 0. The molecule has 110 valence electrons. The first kappa shape index (κ1) is 14.4. The van der Waals surface area contributed by atoms with E-state index in [9.17, 15) is 0 Å². The maximum atomic E-state index is 2.37. The van der Waals surface area contributed by atoms with Gasteiger partial charge in [0.2, 0.25) is 0 Å². The molecule has 1 aliphatic rings. The first-order valence-electron chi connectivity index (χ1n) is 8.50. The van der Waals surface area contributed by atoms with Crippen LogP contribution in [0.15, 0.2) is 54.6 Å². The van der Waals surface area contributed by atoms with E-state index in [1.54, 1.807) is 5.56 Å². The zero-order chi connectivity index (χ0) is 14.5. The summed E-state index contributed by atoms with van der Waals surface area (Å²) in [5.74, 6) is 1.56. The van der Waals surface area contributed by atoms with Crippen LogP contribution in [0.1, 0.15) is 67.6 Å². The van der Waals surface area contributed by atoms with E-state index < -0.39 is 0 Å². The summed E-state index contributed by atoms with van der Waals surface area (Å²) in [6, 6.07) is 20.5. The standard InChI is InChI=1S/C21H26/c1-2-6-17-9-11-19(12-10-17)21-15-13-20(14-16-21)18-7-4-3-5-8-18/h3-5,7-12,20-21H,2,6,13-16H2,1H3. The monoisotopic (exact) mass is 278 g/mol. The molecular weight excluding hydrogens is 252 g/mol. The van der Waals surface area contributed by atoms with Gasteiger partial charge in [0.1, 0.15) is 0 Å². The number of aryl methyl sites for hydroxylation is 1. The Hall–Kier alpha value is -1.56. The van der Waals surface area contributed by atoms with Crippen LogP contribution in [-0.2, 0) is 6.42 Å². The van der Waals surface area contributed by atoms with Crippen molar-refractivity contribution in [2.24, 2.45) is 0 Å². The van der Waals surface area contributed by atoms with Crippen LogP contribution in [0.4, 0.5) is 0 Å². The summed E-state index contributed by atoms with van der Waals surface area (Å²) in [7, 11) is 0. The average Bonchev–Trinajstić information content (AvgIpc) is 2.57. The Bertz CT molecular complexity index is 530. The average molecular weight is 278 g/mol. The van der Waals surface area contributed by atoms with E-state index in [4.69, 9.17) is 0 Å². The molecule has 2 aromatic rings. The molecule has 1 fully saturated rings. The second kappa shape index (κ2) is 6.93. The second-order valence-corrected chi connectivity index (χ2v) is 6.45. The largest absolute Gasteiger partial charge is 0.0651 e. The van der Waals surface area contributed by atoms with E-state index in [0.29, 0.717) is 0 Å². The first-order chi connectivity index (χ1) is 10.4. The molecule has 0 aromatic heterocycles. The Morgan fingerprint density at radius 2 is 1.24 bits per heavy atom. The zero-order valence-corrected chi connectivity index (χ0v) is 13.1. The van der Waals surface area contributed by atoms with Crippen LogP contribution in [0.3, 0.4) is 0 Å². The summed E-state index contributed by atoms with van der Waals surface area (Å²) in [5.41, 5.74) is 4.58. The Kier molecular flexibility index (Phi) is 4.75. The summed E-state index contributed by atoms with van der Waals surface area (Å²) in [6.45, 7) is 2.25. The van der Waals surface area contributed by atoms with Gasteiger partial charge in [-0.1, -0.05) is 67.9 Å². The number of rotatable bonds is 4. The van der Waals surface area contributed by atoms with Gasteiger partial charge in [0.05, 0.1) is 0 Å². The molecule has 0 radical (unpaired) electrons. The minimum Gasteiger partial charge on any atom is -0.0651 e. The van der Waals surface area contributed by atoms with Crippen LogP contribution in [0, 0.1) is 0 Å². The third-order valence-electron chi connectivity index (χ3n) is 4.99. The van der Waals surface area contributed by atoms with Gasteiger partial charge in [0, 0.05) is 0 Å². The smallest absolute Gasteiger partial charge is 0.0162 e. The van der Waals surface area contributed by atoms with Gasteiger partial charge in [-0.15, -0.1) is 0 Å². The maximum absolute atomic E-state index is 2.37. The zero-order valence-electron chi connectivity index (χ0n) is 13.1. The Balaban J connectivity index is 1.60. The van der Waals surface area contributed by atoms with Crippen molar-refractivity contribution in [3.05, 3.63) is 71.3 Å².